The molecule has 0 saturated carbocycles. The number of esters is 1. The third kappa shape index (κ3) is 2.86. The van der Waals surface area contributed by atoms with Crippen molar-refractivity contribution < 1.29 is 9.53 Å². The second kappa shape index (κ2) is 5.32. The van der Waals surface area contributed by atoms with Gasteiger partial charge in [-0.3, -0.25) is 4.79 Å². The highest BCUT2D eigenvalue weighted by Crippen LogP contribution is 2.31. The van der Waals surface area contributed by atoms with Crippen molar-refractivity contribution in [3.63, 3.8) is 0 Å². The van der Waals surface area contributed by atoms with Crippen LogP contribution in [0.5, 0.6) is 0 Å². The predicted molar refractivity (Wildman–Crippen MR) is 66.7 cm³/mol. The molecule has 0 spiro atoms. The molecule has 0 bridgehead atoms. The smallest absolute Gasteiger partial charge is 0.307 e. The van der Waals surface area contributed by atoms with Crippen LogP contribution >= 0.6 is 0 Å². The number of carbonyl (C=O) groups excluding carboxylic acids is 1. The highest BCUT2D eigenvalue weighted by molar-refractivity contribution is 5.69. The van der Waals surface area contributed by atoms with Crippen molar-refractivity contribution in [1.82, 2.24) is 5.32 Å². The summed E-state index contributed by atoms with van der Waals surface area (Å²) < 4.78 is 4.68. The van der Waals surface area contributed by atoms with Gasteiger partial charge in [0.25, 0.3) is 0 Å². The van der Waals surface area contributed by atoms with Gasteiger partial charge >= 0.3 is 5.97 Å². The van der Waals surface area contributed by atoms with E-state index in [-0.39, 0.29) is 12.0 Å². The molecule has 0 heterocycles. The van der Waals surface area contributed by atoms with Crippen molar-refractivity contribution in [2.45, 2.75) is 38.3 Å². The van der Waals surface area contributed by atoms with E-state index in [2.05, 4.69) is 34.3 Å². The number of carbonyl (C=O) groups is 1. The first kappa shape index (κ1) is 12.1. The summed E-state index contributed by atoms with van der Waals surface area (Å²) in [4.78, 5) is 11.2. The van der Waals surface area contributed by atoms with Gasteiger partial charge in [-0.05, 0) is 30.9 Å². The molecule has 1 aromatic carbocycles. The zero-order valence-electron chi connectivity index (χ0n) is 10.4. The number of aryl methyl sites for hydroxylation is 1. The molecule has 1 N–H and O–H groups in total. The van der Waals surface area contributed by atoms with Gasteiger partial charge in [-0.25, -0.2) is 0 Å². The average molecular weight is 233 g/mol. The van der Waals surface area contributed by atoms with Crippen molar-refractivity contribution in [2.24, 2.45) is 0 Å². The molecule has 0 saturated heterocycles. The molecule has 2 atom stereocenters. The fourth-order valence-corrected chi connectivity index (χ4v) is 2.47. The molecular formula is C14H19NO2. The van der Waals surface area contributed by atoms with Gasteiger partial charge in [-0.15, -0.1) is 0 Å². The van der Waals surface area contributed by atoms with Gasteiger partial charge in [-0.1, -0.05) is 24.3 Å². The van der Waals surface area contributed by atoms with Gasteiger partial charge in [0, 0.05) is 12.1 Å². The van der Waals surface area contributed by atoms with Gasteiger partial charge in [0.2, 0.25) is 0 Å². The highest BCUT2D eigenvalue weighted by atomic mass is 16.5. The van der Waals surface area contributed by atoms with E-state index in [9.17, 15) is 4.79 Å². The highest BCUT2D eigenvalue weighted by Gasteiger charge is 2.23. The van der Waals surface area contributed by atoms with Gasteiger partial charge in [0.05, 0.1) is 13.5 Å². The van der Waals surface area contributed by atoms with Crippen molar-refractivity contribution >= 4 is 5.97 Å². The number of nitrogens with one attached hydrogen (secondary N) is 1. The lowest BCUT2D eigenvalue weighted by Gasteiger charge is -2.19. The first-order valence-corrected chi connectivity index (χ1v) is 6.11. The Balaban J connectivity index is 1.95. The van der Waals surface area contributed by atoms with Crippen LogP contribution in [0.2, 0.25) is 0 Å². The number of ether oxygens (including phenoxy) is 1. The lowest BCUT2D eigenvalue weighted by molar-refractivity contribution is -0.141. The number of fused-ring (bicyclic) bond motifs is 1. The van der Waals surface area contributed by atoms with E-state index in [1.165, 1.54) is 18.2 Å². The Labute approximate surface area is 102 Å². The Bertz CT molecular complexity index is 403. The van der Waals surface area contributed by atoms with E-state index >= 15 is 0 Å². The monoisotopic (exact) mass is 233 g/mol. The molecule has 0 aromatic heterocycles. The molecule has 0 amide bonds. The summed E-state index contributed by atoms with van der Waals surface area (Å²) in [5.74, 6) is -0.156. The minimum atomic E-state index is -0.156. The number of hydrogen-bond acceptors (Lipinski definition) is 3. The van der Waals surface area contributed by atoms with Crippen LogP contribution < -0.4 is 5.32 Å². The minimum Gasteiger partial charge on any atom is -0.469 e. The molecule has 0 fully saturated rings. The second-order valence-electron chi connectivity index (χ2n) is 4.64. The summed E-state index contributed by atoms with van der Waals surface area (Å²) >= 11 is 0. The molecule has 1 aliphatic carbocycles. The molecule has 3 heteroatoms. The molecule has 0 aliphatic heterocycles. The Kier molecular flexibility index (Phi) is 3.79. The summed E-state index contributed by atoms with van der Waals surface area (Å²) in [7, 11) is 1.43. The topological polar surface area (TPSA) is 38.3 Å². The van der Waals surface area contributed by atoms with Crippen LogP contribution in [0.4, 0.5) is 0 Å². The second-order valence-corrected chi connectivity index (χ2v) is 4.64. The van der Waals surface area contributed by atoms with E-state index in [1.807, 2.05) is 6.92 Å². The third-order valence-corrected chi connectivity index (χ3v) is 3.32. The molecule has 2 unspecified atom stereocenters. The zero-order chi connectivity index (χ0) is 12.3. The van der Waals surface area contributed by atoms with Crippen molar-refractivity contribution in [3.05, 3.63) is 35.4 Å². The summed E-state index contributed by atoms with van der Waals surface area (Å²) in [5, 5.41) is 3.50. The Morgan fingerprint density at radius 2 is 2.29 bits per heavy atom. The van der Waals surface area contributed by atoms with Crippen LogP contribution in [-0.4, -0.2) is 19.1 Å². The van der Waals surface area contributed by atoms with Gasteiger partial charge in [0.15, 0.2) is 0 Å². The van der Waals surface area contributed by atoms with Crippen LogP contribution in [0.15, 0.2) is 24.3 Å². The SMILES string of the molecule is COC(=O)CC(C)NC1CCc2ccccc21. The average Bonchev–Trinajstić information content (AvgIpc) is 2.72. The van der Waals surface area contributed by atoms with Crippen LogP contribution in [-0.2, 0) is 16.0 Å². The molecule has 2 rings (SSSR count). The number of benzene rings is 1. The molecule has 92 valence electrons. The number of methoxy groups -OCH3 is 1. The van der Waals surface area contributed by atoms with Crippen molar-refractivity contribution in [3.8, 4) is 0 Å². The van der Waals surface area contributed by atoms with Crippen LogP contribution in [0.3, 0.4) is 0 Å². The third-order valence-electron chi connectivity index (χ3n) is 3.32. The van der Waals surface area contributed by atoms with E-state index in [0.29, 0.717) is 12.5 Å². The number of rotatable bonds is 4. The van der Waals surface area contributed by atoms with Crippen LogP contribution in [0.25, 0.3) is 0 Å². The molecule has 1 aliphatic rings. The maximum atomic E-state index is 11.2. The molecule has 17 heavy (non-hydrogen) atoms. The maximum Gasteiger partial charge on any atom is 0.307 e. The van der Waals surface area contributed by atoms with Crippen molar-refractivity contribution in [2.75, 3.05) is 7.11 Å². The van der Waals surface area contributed by atoms with Crippen LogP contribution in [0.1, 0.15) is 36.9 Å². The van der Waals surface area contributed by atoms with E-state index in [4.69, 9.17) is 0 Å². The van der Waals surface area contributed by atoms with Crippen LogP contribution in [0, 0.1) is 0 Å². The van der Waals surface area contributed by atoms with E-state index in [0.717, 1.165) is 12.8 Å². The molecule has 0 radical (unpaired) electrons. The molecule has 1 aromatic rings. The summed E-state index contributed by atoms with van der Waals surface area (Å²) in [6, 6.07) is 9.04. The minimum absolute atomic E-state index is 0.151. The Morgan fingerprint density at radius 1 is 1.53 bits per heavy atom. The quantitative estimate of drug-likeness (QED) is 0.810. The summed E-state index contributed by atoms with van der Waals surface area (Å²) in [6.45, 7) is 2.03. The van der Waals surface area contributed by atoms with Gasteiger partial charge in [0.1, 0.15) is 0 Å². The normalized spacial score (nSPS) is 19.8. The number of hydrogen-bond donors (Lipinski definition) is 1. The predicted octanol–water partition coefficient (Wildman–Crippen LogP) is 2.22. The van der Waals surface area contributed by atoms with Gasteiger partial charge < -0.3 is 10.1 Å². The maximum absolute atomic E-state index is 11.2. The van der Waals surface area contributed by atoms with E-state index in [1.54, 1.807) is 0 Å². The Hall–Kier alpha value is -1.35. The molecule has 3 nitrogen and oxygen atoms in total. The first-order valence-electron chi connectivity index (χ1n) is 6.11. The summed E-state index contributed by atoms with van der Waals surface area (Å²) in [5.41, 5.74) is 2.81. The summed E-state index contributed by atoms with van der Waals surface area (Å²) in [6.07, 6.45) is 2.67. The largest absolute Gasteiger partial charge is 0.469 e. The first-order chi connectivity index (χ1) is 8.20. The lowest BCUT2D eigenvalue weighted by atomic mass is 10.1. The zero-order valence-corrected chi connectivity index (χ0v) is 10.4. The fraction of sp³-hybridized carbons (Fsp3) is 0.500. The standard InChI is InChI=1S/C14H19NO2/c1-10(9-14(16)17-2)15-13-8-7-11-5-3-4-6-12(11)13/h3-6,10,13,15H,7-9H2,1-2H3. The Morgan fingerprint density at radius 3 is 3.06 bits per heavy atom. The molecular weight excluding hydrogens is 214 g/mol. The van der Waals surface area contributed by atoms with E-state index < -0.39 is 0 Å². The lowest BCUT2D eigenvalue weighted by Crippen LogP contribution is -2.31. The van der Waals surface area contributed by atoms with Crippen molar-refractivity contribution in [1.29, 1.82) is 0 Å². The fourth-order valence-electron chi connectivity index (χ4n) is 2.47. The van der Waals surface area contributed by atoms with Gasteiger partial charge in [-0.2, -0.15) is 0 Å².